The molecule has 4 amide bonds. The van der Waals surface area contributed by atoms with Crippen LogP contribution in [0.4, 0.5) is 10.5 Å². The summed E-state index contributed by atoms with van der Waals surface area (Å²) in [4.78, 5) is 34.1. The van der Waals surface area contributed by atoms with Crippen molar-refractivity contribution in [3.8, 4) is 0 Å². The van der Waals surface area contributed by atoms with Gasteiger partial charge < -0.3 is 10.6 Å². The van der Waals surface area contributed by atoms with E-state index in [1.54, 1.807) is 0 Å². The Bertz CT molecular complexity index is 554. The number of hydrogen-bond donors (Lipinski definition) is 3. The van der Waals surface area contributed by atoms with Crippen molar-refractivity contribution in [2.24, 2.45) is 0 Å². The van der Waals surface area contributed by atoms with Crippen LogP contribution in [-0.2, 0) is 9.59 Å². The second kappa shape index (κ2) is 5.09. The van der Waals surface area contributed by atoms with Crippen LogP contribution in [-0.4, -0.2) is 23.9 Å². The van der Waals surface area contributed by atoms with Gasteiger partial charge in [0.25, 0.3) is 5.91 Å². The van der Waals surface area contributed by atoms with Crippen molar-refractivity contribution in [3.63, 3.8) is 0 Å². The number of hydrogen-bond acceptors (Lipinski definition) is 3. The monoisotopic (exact) mass is 261 g/mol. The van der Waals surface area contributed by atoms with Gasteiger partial charge >= 0.3 is 6.03 Å². The predicted molar refractivity (Wildman–Crippen MR) is 69.6 cm³/mol. The van der Waals surface area contributed by atoms with E-state index < -0.39 is 18.0 Å². The van der Waals surface area contributed by atoms with E-state index in [4.69, 9.17) is 0 Å². The minimum absolute atomic E-state index is 0.0784. The van der Waals surface area contributed by atoms with Crippen molar-refractivity contribution in [1.29, 1.82) is 0 Å². The first-order valence-electron chi connectivity index (χ1n) is 5.94. The molecule has 6 heteroatoms. The lowest BCUT2D eigenvalue weighted by Crippen LogP contribution is -2.33. The van der Waals surface area contributed by atoms with E-state index in [-0.39, 0.29) is 12.3 Å². The maximum Gasteiger partial charge on any atom is 0.322 e. The van der Waals surface area contributed by atoms with Crippen molar-refractivity contribution in [2.45, 2.75) is 26.3 Å². The second-order valence-electron chi connectivity index (χ2n) is 4.59. The van der Waals surface area contributed by atoms with Gasteiger partial charge in [0.05, 0.1) is 6.42 Å². The molecule has 0 spiro atoms. The topological polar surface area (TPSA) is 87.3 Å². The van der Waals surface area contributed by atoms with Crippen molar-refractivity contribution >= 4 is 23.5 Å². The van der Waals surface area contributed by atoms with Gasteiger partial charge in [0.15, 0.2) is 0 Å². The smallest absolute Gasteiger partial charge is 0.322 e. The van der Waals surface area contributed by atoms with Gasteiger partial charge in [-0.25, -0.2) is 4.79 Å². The summed E-state index contributed by atoms with van der Waals surface area (Å²) in [5.41, 5.74) is 2.70. The van der Waals surface area contributed by atoms with Crippen LogP contribution >= 0.6 is 0 Å². The van der Waals surface area contributed by atoms with E-state index in [0.29, 0.717) is 0 Å². The Kier molecular flexibility index (Phi) is 3.50. The summed E-state index contributed by atoms with van der Waals surface area (Å²) in [6.45, 7) is 3.82. The number of anilines is 1. The average molecular weight is 261 g/mol. The van der Waals surface area contributed by atoms with Gasteiger partial charge in [-0.15, -0.1) is 0 Å². The largest absolute Gasteiger partial charge is 0.326 e. The highest BCUT2D eigenvalue weighted by atomic mass is 16.2. The number of benzene rings is 1. The highest BCUT2D eigenvalue weighted by Gasteiger charge is 2.31. The van der Waals surface area contributed by atoms with E-state index in [0.717, 1.165) is 16.8 Å². The van der Waals surface area contributed by atoms with Crippen LogP contribution in [0.3, 0.4) is 0 Å². The molecular weight excluding hydrogens is 246 g/mol. The minimum atomic E-state index is -0.794. The number of nitrogens with one attached hydrogen (secondary N) is 3. The Morgan fingerprint density at radius 1 is 1.32 bits per heavy atom. The third-order valence-corrected chi connectivity index (χ3v) is 2.92. The van der Waals surface area contributed by atoms with Crippen LogP contribution in [0.25, 0.3) is 0 Å². The number of rotatable bonds is 3. The molecule has 2 rings (SSSR count). The lowest BCUT2D eigenvalue weighted by molar-refractivity contribution is -0.124. The molecule has 6 nitrogen and oxygen atoms in total. The Balaban J connectivity index is 2.00. The van der Waals surface area contributed by atoms with Crippen LogP contribution in [0.2, 0.25) is 0 Å². The Morgan fingerprint density at radius 3 is 2.68 bits per heavy atom. The van der Waals surface area contributed by atoms with Crippen LogP contribution in [0.15, 0.2) is 18.2 Å². The van der Waals surface area contributed by atoms with Crippen molar-refractivity contribution < 1.29 is 14.4 Å². The highest BCUT2D eigenvalue weighted by molar-refractivity contribution is 6.06. The molecule has 0 saturated carbocycles. The zero-order chi connectivity index (χ0) is 14.0. The first-order chi connectivity index (χ1) is 8.95. The molecule has 1 atom stereocenters. The van der Waals surface area contributed by atoms with Crippen molar-refractivity contribution in [2.75, 3.05) is 5.32 Å². The molecule has 0 radical (unpaired) electrons. The molecule has 1 aromatic rings. The number of carbonyl (C=O) groups excluding carboxylic acids is 3. The predicted octanol–water partition coefficient (Wildman–Crippen LogP) is 0.840. The molecule has 1 aromatic carbocycles. The van der Waals surface area contributed by atoms with Gasteiger partial charge in [-0.2, -0.15) is 0 Å². The van der Waals surface area contributed by atoms with Gasteiger partial charge in [0, 0.05) is 5.69 Å². The van der Waals surface area contributed by atoms with E-state index in [2.05, 4.69) is 16.0 Å². The Hall–Kier alpha value is -2.37. The summed E-state index contributed by atoms with van der Waals surface area (Å²) in [5.74, 6) is -0.780. The van der Waals surface area contributed by atoms with Crippen molar-refractivity contribution in [3.05, 3.63) is 29.3 Å². The average Bonchev–Trinajstić information content (AvgIpc) is 2.62. The molecular formula is C13H15N3O3. The quantitative estimate of drug-likeness (QED) is 0.705. The first-order valence-corrected chi connectivity index (χ1v) is 5.94. The van der Waals surface area contributed by atoms with Gasteiger partial charge in [0.1, 0.15) is 6.04 Å². The fraction of sp³-hybridized carbons (Fsp3) is 0.308. The molecule has 1 saturated heterocycles. The molecule has 1 aliphatic heterocycles. The molecule has 1 fully saturated rings. The summed E-state index contributed by atoms with van der Waals surface area (Å²) >= 11 is 0. The van der Waals surface area contributed by atoms with Crippen LogP contribution in [0, 0.1) is 13.8 Å². The zero-order valence-corrected chi connectivity index (χ0v) is 10.7. The second-order valence-corrected chi connectivity index (χ2v) is 4.59. The maximum absolute atomic E-state index is 11.8. The molecule has 100 valence electrons. The minimum Gasteiger partial charge on any atom is -0.326 e. The molecule has 1 heterocycles. The number of urea groups is 1. The van der Waals surface area contributed by atoms with E-state index >= 15 is 0 Å². The van der Waals surface area contributed by atoms with Gasteiger partial charge in [0.2, 0.25) is 5.91 Å². The summed E-state index contributed by atoms with van der Waals surface area (Å²) in [6, 6.07) is 4.37. The molecule has 0 bridgehead atoms. The number of aryl methyl sites for hydroxylation is 2. The molecule has 1 aliphatic rings. The molecule has 3 N–H and O–H groups in total. The standard InChI is InChI=1S/C13H15N3O3/c1-7-3-4-8(2)9(5-7)14-11(17)6-10-12(18)16-13(19)15-10/h3-5,10H,6H2,1-2H3,(H,14,17)(H2,15,16,18,19). The van der Waals surface area contributed by atoms with E-state index in [1.165, 1.54) is 0 Å². The lowest BCUT2D eigenvalue weighted by atomic mass is 10.1. The summed E-state index contributed by atoms with van der Waals surface area (Å²) in [6.07, 6.45) is -0.0784. The molecule has 0 aliphatic carbocycles. The summed E-state index contributed by atoms with van der Waals surface area (Å²) in [7, 11) is 0. The number of amides is 4. The van der Waals surface area contributed by atoms with Crippen LogP contribution in [0.1, 0.15) is 17.5 Å². The van der Waals surface area contributed by atoms with Gasteiger partial charge in [-0.1, -0.05) is 12.1 Å². The molecule has 1 unspecified atom stereocenters. The maximum atomic E-state index is 11.8. The normalized spacial score (nSPS) is 17.9. The highest BCUT2D eigenvalue weighted by Crippen LogP contribution is 2.16. The van der Waals surface area contributed by atoms with Gasteiger partial charge in [-0.3, -0.25) is 14.9 Å². The Labute approximate surface area is 110 Å². The number of imide groups is 1. The van der Waals surface area contributed by atoms with E-state index in [9.17, 15) is 14.4 Å². The fourth-order valence-corrected chi connectivity index (χ4v) is 1.86. The SMILES string of the molecule is Cc1ccc(C)c(NC(=O)CC2NC(=O)NC2=O)c1. The van der Waals surface area contributed by atoms with E-state index in [1.807, 2.05) is 32.0 Å². The first kappa shape index (κ1) is 13.1. The van der Waals surface area contributed by atoms with Crippen LogP contribution in [0.5, 0.6) is 0 Å². The third-order valence-electron chi connectivity index (χ3n) is 2.92. The summed E-state index contributed by atoms with van der Waals surface area (Å²) < 4.78 is 0. The molecule has 19 heavy (non-hydrogen) atoms. The van der Waals surface area contributed by atoms with Crippen LogP contribution < -0.4 is 16.0 Å². The fourth-order valence-electron chi connectivity index (χ4n) is 1.86. The third kappa shape index (κ3) is 3.09. The Morgan fingerprint density at radius 2 is 2.05 bits per heavy atom. The van der Waals surface area contributed by atoms with Crippen molar-refractivity contribution in [1.82, 2.24) is 10.6 Å². The number of carbonyl (C=O) groups is 3. The van der Waals surface area contributed by atoms with Gasteiger partial charge in [-0.05, 0) is 31.0 Å². The lowest BCUT2D eigenvalue weighted by Gasteiger charge is -2.11. The molecule has 0 aromatic heterocycles. The zero-order valence-electron chi connectivity index (χ0n) is 10.7. The summed E-state index contributed by atoms with van der Waals surface area (Å²) in [5, 5.41) is 7.22.